The fraction of sp³-hybridized carbons (Fsp3) is 0.545. The van der Waals surface area contributed by atoms with Crippen LogP contribution in [0, 0.1) is 0 Å². The van der Waals surface area contributed by atoms with E-state index in [9.17, 15) is 0 Å². The monoisotopic (exact) mass is 254 g/mol. The Hall–Kier alpha value is -0.570. The normalized spacial score (nSPS) is 23.2. The Bertz CT molecular complexity index is 326. The van der Waals surface area contributed by atoms with Crippen LogP contribution in [-0.2, 0) is 0 Å². The smallest absolute Gasteiger partial charge is 0.108 e. The van der Waals surface area contributed by atoms with Gasteiger partial charge < -0.3 is 5.73 Å². The molecular formula is C11H15BrN2. The minimum atomic E-state index is 0.736. The zero-order chi connectivity index (χ0) is 9.97. The summed E-state index contributed by atoms with van der Waals surface area (Å²) in [4.78, 5) is 4.26. The topological polar surface area (TPSA) is 38.4 Å². The summed E-state index contributed by atoms with van der Waals surface area (Å²) in [5.74, 6) is 0.736. The molecule has 2 nitrogen and oxygen atoms in total. The van der Waals surface area contributed by atoms with Crippen molar-refractivity contribution in [3.8, 4) is 0 Å². The number of allylic oxidation sites excluding steroid dienone is 2. The Morgan fingerprint density at radius 3 is 2.86 bits per heavy atom. The number of amidine groups is 1. The summed E-state index contributed by atoms with van der Waals surface area (Å²) in [6.07, 6.45) is 9.33. The fourth-order valence-electron chi connectivity index (χ4n) is 2.12. The highest BCUT2D eigenvalue weighted by molar-refractivity contribution is 9.11. The molecule has 0 bridgehead atoms. The van der Waals surface area contributed by atoms with Crippen LogP contribution < -0.4 is 5.73 Å². The van der Waals surface area contributed by atoms with Gasteiger partial charge in [0.15, 0.2) is 0 Å². The van der Waals surface area contributed by atoms with Crippen molar-refractivity contribution >= 4 is 21.8 Å². The van der Waals surface area contributed by atoms with Gasteiger partial charge in [-0.15, -0.1) is 0 Å². The van der Waals surface area contributed by atoms with Crippen LogP contribution in [0.2, 0.25) is 0 Å². The average Bonchev–Trinajstić information content (AvgIpc) is 2.36. The van der Waals surface area contributed by atoms with Crippen LogP contribution in [0.25, 0.3) is 0 Å². The van der Waals surface area contributed by atoms with Crippen LogP contribution in [0.1, 0.15) is 38.5 Å². The summed E-state index contributed by atoms with van der Waals surface area (Å²) in [5, 5.41) is 0. The minimum Gasteiger partial charge on any atom is -0.387 e. The van der Waals surface area contributed by atoms with Crippen molar-refractivity contribution in [2.45, 2.75) is 38.5 Å². The van der Waals surface area contributed by atoms with Crippen molar-refractivity contribution in [3.63, 3.8) is 0 Å². The molecule has 0 aromatic rings. The number of halogens is 1. The van der Waals surface area contributed by atoms with Crippen molar-refractivity contribution in [1.82, 2.24) is 0 Å². The van der Waals surface area contributed by atoms with Gasteiger partial charge in [0.05, 0.1) is 0 Å². The zero-order valence-corrected chi connectivity index (χ0v) is 9.81. The quantitative estimate of drug-likeness (QED) is 0.663. The lowest BCUT2D eigenvalue weighted by atomic mass is 10.0. The molecule has 1 heterocycles. The lowest BCUT2D eigenvalue weighted by Gasteiger charge is -2.06. The van der Waals surface area contributed by atoms with Crippen LogP contribution in [0.15, 0.2) is 26.8 Å². The molecule has 0 atom stereocenters. The average molecular weight is 255 g/mol. The Kier molecular flexibility index (Phi) is 3.06. The third-order valence-corrected chi connectivity index (χ3v) is 3.22. The van der Waals surface area contributed by atoms with Crippen molar-refractivity contribution in [2.75, 3.05) is 0 Å². The van der Waals surface area contributed by atoms with Crippen LogP contribution in [0.5, 0.6) is 0 Å². The molecule has 0 saturated heterocycles. The first-order valence-corrected chi connectivity index (χ1v) is 5.96. The largest absolute Gasteiger partial charge is 0.387 e. The highest BCUT2D eigenvalue weighted by Gasteiger charge is 2.14. The molecule has 76 valence electrons. The SMILES string of the molecule is NC1=NC(Br)=CC2=C(CCCCC2)C1. The summed E-state index contributed by atoms with van der Waals surface area (Å²) >= 11 is 3.43. The van der Waals surface area contributed by atoms with Gasteiger partial charge in [0, 0.05) is 6.42 Å². The third kappa shape index (κ3) is 2.27. The second kappa shape index (κ2) is 4.30. The number of nitrogens with zero attached hydrogens (tertiary/aromatic N) is 1. The fourth-order valence-corrected chi connectivity index (χ4v) is 2.62. The molecular weight excluding hydrogens is 240 g/mol. The molecule has 0 radical (unpaired) electrons. The van der Waals surface area contributed by atoms with Gasteiger partial charge in [0.25, 0.3) is 0 Å². The Morgan fingerprint density at radius 1 is 1.21 bits per heavy atom. The van der Waals surface area contributed by atoms with Gasteiger partial charge in [-0.25, -0.2) is 4.99 Å². The number of nitrogens with two attached hydrogens (primary N) is 1. The summed E-state index contributed by atoms with van der Waals surface area (Å²) in [6.45, 7) is 0. The maximum absolute atomic E-state index is 5.83. The minimum absolute atomic E-state index is 0.736. The van der Waals surface area contributed by atoms with Gasteiger partial charge in [-0.05, 0) is 53.3 Å². The van der Waals surface area contributed by atoms with E-state index in [2.05, 4.69) is 27.0 Å². The molecule has 0 unspecified atom stereocenters. The molecule has 0 fully saturated rings. The first-order valence-electron chi connectivity index (χ1n) is 5.17. The highest BCUT2D eigenvalue weighted by Crippen LogP contribution is 2.30. The Balaban J connectivity index is 2.31. The maximum atomic E-state index is 5.83. The number of hydrogen-bond donors (Lipinski definition) is 1. The standard InChI is InChI=1S/C11H15BrN2/c12-10-6-8-4-2-1-3-5-9(8)7-11(13)14-10/h6H,1-5,7H2,(H2,13,14). The van der Waals surface area contributed by atoms with Crippen LogP contribution in [0.4, 0.5) is 0 Å². The molecule has 14 heavy (non-hydrogen) atoms. The van der Waals surface area contributed by atoms with E-state index in [0.717, 1.165) is 16.9 Å². The van der Waals surface area contributed by atoms with Crippen molar-refractivity contribution in [3.05, 3.63) is 21.8 Å². The molecule has 2 N–H and O–H groups in total. The second-order valence-electron chi connectivity index (χ2n) is 3.94. The summed E-state index contributed by atoms with van der Waals surface area (Å²) in [5.41, 5.74) is 8.78. The molecule has 0 saturated carbocycles. The van der Waals surface area contributed by atoms with Gasteiger partial charge in [0.1, 0.15) is 10.4 Å². The van der Waals surface area contributed by atoms with E-state index in [1.165, 1.54) is 43.3 Å². The lowest BCUT2D eigenvalue weighted by molar-refractivity contribution is 0.706. The van der Waals surface area contributed by atoms with Crippen molar-refractivity contribution in [1.29, 1.82) is 0 Å². The predicted molar refractivity (Wildman–Crippen MR) is 63.4 cm³/mol. The highest BCUT2D eigenvalue weighted by atomic mass is 79.9. The molecule has 0 amide bonds. The molecule has 1 aliphatic carbocycles. The molecule has 2 aliphatic rings. The first-order chi connectivity index (χ1) is 6.75. The number of hydrogen-bond acceptors (Lipinski definition) is 2. The Labute approximate surface area is 93.1 Å². The number of aliphatic imine (C=N–C) groups is 1. The lowest BCUT2D eigenvalue weighted by Crippen LogP contribution is -2.11. The van der Waals surface area contributed by atoms with E-state index in [-0.39, 0.29) is 0 Å². The van der Waals surface area contributed by atoms with Gasteiger partial charge in [0.2, 0.25) is 0 Å². The van der Waals surface area contributed by atoms with Gasteiger partial charge in [-0.3, -0.25) is 0 Å². The van der Waals surface area contributed by atoms with E-state index >= 15 is 0 Å². The van der Waals surface area contributed by atoms with Crippen LogP contribution in [0.3, 0.4) is 0 Å². The van der Waals surface area contributed by atoms with Gasteiger partial charge in [-0.1, -0.05) is 12.0 Å². The molecule has 0 aromatic carbocycles. The van der Waals surface area contributed by atoms with Gasteiger partial charge >= 0.3 is 0 Å². The molecule has 2 rings (SSSR count). The molecule has 0 spiro atoms. The van der Waals surface area contributed by atoms with Gasteiger partial charge in [-0.2, -0.15) is 0 Å². The third-order valence-electron chi connectivity index (χ3n) is 2.82. The summed E-state index contributed by atoms with van der Waals surface area (Å²) in [7, 11) is 0. The van der Waals surface area contributed by atoms with Crippen LogP contribution >= 0.6 is 15.9 Å². The molecule has 0 aromatic heterocycles. The van der Waals surface area contributed by atoms with Crippen LogP contribution in [-0.4, -0.2) is 5.84 Å². The number of rotatable bonds is 0. The van der Waals surface area contributed by atoms with E-state index in [1.54, 1.807) is 0 Å². The zero-order valence-electron chi connectivity index (χ0n) is 8.22. The summed E-state index contributed by atoms with van der Waals surface area (Å²) in [6, 6.07) is 0. The van der Waals surface area contributed by atoms with E-state index in [0.29, 0.717) is 0 Å². The van der Waals surface area contributed by atoms with E-state index in [1.807, 2.05) is 0 Å². The maximum Gasteiger partial charge on any atom is 0.108 e. The predicted octanol–water partition coefficient (Wildman–Crippen LogP) is 3.24. The van der Waals surface area contributed by atoms with E-state index in [4.69, 9.17) is 5.73 Å². The van der Waals surface area contributed by atoms with Crippen molar-refractivity contribution < 1.29 is 0 Å². The first kappa shape index (κ1) is 9.97. The Morgan fingerprint density at radius 2 is 2.00 bits per heavy atom. The van der Waals surface area contributed by atoms with E-state index < -0.39 is 0 Å². The second-order valence-corrected chi connectivity index (χ2v) is 4.75. The molecule has 1 aliphatic heterocycles. The molecule has 3 heteroatoms. The van der Waals surface area contributed by atoms with Crippen molar-refractivity contribution in [2.24, 2.45) is 10.7 Å². The summed E-state index contributed by atoms with van der Waals surface area (Å²) < 4.78 is 0.877.